The van der Waals surface area contributed by atoms with E-state index in [4.69, 9.17) is 13.8 Å². The molecule has 0 saturated heterocycles. The summed E-state index contributed by atoms with van der Waals surface area (Å²) < 4.78 is 30.8. The highest BCUT2D eigenvalue weighted by Gasteiger charge is 2.36. The Morgan fingerprint density at radius 1 is 0.841 bits per heavy atom. The van der Waals surface area contributed by atoms with Gasteiger partial charge < -0.3 is 24.6 Å². The van der Waals surface area contributed by atoms with Crippen LogP contribution in [0, 0.1) is 0 Å². The number of hydrogen-bond acceptors (Lipinski definition) is 7. The summed E-state index contributed by atoms with van der Waals surface area (Å²) in [5.41, 5.74) is 2.46. The maximum absolute atomic E-state index is 14.0. The van der Waals surface area contributed by atoms with Gasteiger partial charge in [-0.3, -0.25) is 13.9 Å². The first kappa shape index (κ1) is 34.5. The van der Waals surface area contributed by atoms with Crippen molar-refractivity contribution in [3.8, 4) is 0 Å². The van der Waals surface area contributed by atoms with E-state index in [2.05, 4.69) is 5.32 Å². The minimum Gasteiger partial charge on any atom is -0.479 e. The summed E-state index contributed by atoms with van der Waals surface area (Å²) in [6, 6.07) is 27.1. The van der Waals surface area contributed by atoms with Gasteiger partial charge in [-0.25, -0.2) is 9.59 Å². The fourth-order valence-electron chi connectivity index (χ4n) is 4.29. The van der Waals surface area contributed by atoms with Gasteiger partial charge in [0, 0.05) is 19.6 Å². The topological polar surface area (TPSA) is 131 Å². The van der Waals surface area contributed by atoms with Crippen LogP contribution in [0.3, 0.4) is 0 Å². The number of nitrogens with one attached hydrogen (secondary N) is 1. The summed E-state index contributed by atoms with van der Waals surface area (Å²) in [6.07, 6.45) is -1.11. The van der Waals surface area contributed by atoms with Crippen molar-refractivity contribution in [2.75, 3.05) is 19.8 Å². The Bertz CT molecular complexity index is 1360. The lowest BCUT2D eigenvalue weighted by Crippen LogP contribution is -2.39. The van der Waals surface area contributed by atoms with Crippen LogP contribution < -0.4 is 5.32 Å². The molecule has 44 heavy (non-hydrogen) atoms. The van der Waals surface area contributed by atoms with Gasteiger partial charge in [0.05, 0.1) is 19.2 Å². The zero-order valence-corrected chi connectivity index (χ0v) is 26.1. The van der Waals surface area contributed by atoms with Crippen molar-refractivity contribution in [3.63, 3.8) is 0 Å². The van der Waals surface area contributed by atoms with Gasteiger partial charge in [0.25, 0.3) is 0 Å². The molecule has 3 aromatic rings. The Balaban J connectivity index is 1.56. The summed E-state index contributed by atoms with van der Waals surface area (Å²) in [5, 5.41) is 12.5. The zero-order chi connectivity index (χ0) is 31.8. The van der Waals surface area contributed by atoms with E-state index in [0.29, 0.717) is 12.8 Å². The molecule has 3 aromatic carbocycles. The molecule has 0 aromatic heterocycles. The van der Waals surface area contributed by atoms with Crippen molar-refractivity contribution in [1.82, 2.24) is 10.2 Å². The van der Waals surface area contributed by atoms with Crippen LogP contribution in [0.5, 0.6) is 0 Å². The Kier molecular flexibility index (Phi) is 14.1. The Morgan fingerprint density at radius 2 is 1.39 bits per heavy atom. The number of alkyl carbamates (subject to hydrolysis) is 1. The molecule has 11 heteroatoms. The lowest BCUT2D eigenvalue weighted by Gasteiger charge is -2.30. The van der Waals surface area contributed by atoms with Crippen molar-refractivity contribution in [1.29, 1.82) is 0 Å². The lowest BCUT2D eigenvalue weighted by molar-refractivity contribution is -0.146. The molecule has 3 rings (SSSR count). The molecule has 0 spiro atoms. The molecule has 1 unspecified atom stereocenters. The standard InChI is InChI=1S/C33H41N2O8P/c1-26(35(2)31(36)22-27-14-6-3-7-15-27)25-44(40,42-24-29-18-10-5-11-19-29)43-30(32(37)38)20-12-13-21-34-33(39)41-23-28-16-8-4-9-17-28/h3-11,14-19,26,30H,12-13,20-25H2,1-2H3,(H,34,39)(H,37,38)/t26-,30-,44?/m0/s1. The fraction of sp³-hybridized carbons (Fsp3) is 0.364. The van der Waals surface area contributed by atoms with E-state index in [1.807, 2.05) is 78.9 Å². The summed E-state index contributed by atoms with van der Waals surface area (Å²) in [7, 11) is -2.39. The van der Waals surface area contributed by atoms with Gasteiger partial charge in [-0.05, 0) is 42.9 Å². The first-order valence-electron chi connectivity index (χ1n) is 14.6. The molecule has 10 nitrogen and oxygen atoms in total. The van der Waals surface area contributed by atoms with Gasteiger partial charge in [-0.15, -0.1) is 0 Å². The van der Waals surface area contributed by atoms with Crippen LogP contribution in [0.1, 0.15) is 42.9 Å². The van der Waals surface area contributed by atoms with Crippen LogP contribution >= 0.6 is 7.60 Å². The number of carbonyl (C=O) groups is 3. The number of rotatable bonds is 18. The number of carbonyl (C=O) groups excluding carboxylic acids is 2. The third-order valence-corrected chi connectivity index (χ3v) is 9.02. The second-order valence-corrected chi connectivity index (χ2v) is 12.5. The average Bonchev–Trinajstić information content (AvgIpc) is 3.03. The number of hydrogen-bond donors (Lipinski definition) is 2. The van der Waals surface area contributed by atoms with E-state index in [-0.39, 0.29) is 44.7 Å². The molecule has 0 heterocycles. The number of carboxylic acid groups (broad SMARTS) is 1. The minimum absolute atomic E-state index is 0.0475. The summed E-state index contributed by atoms with van der Waals surface area (Å²) in [5.74, 6) is -1.45. The van der Waals surface area contributed by atoms with Crippen molar-refractivity contribution in [3.05, 3.63) is 108 Å². The Labute approximate surface area is 258 Å². The van der Waals surface area contributed by atoms with Crippen molar-refractivity contribution in [2.24, 2.45) is 0 Å². The van der Waals surface area contributed by atoms with Gasteiger partial charge in [-0.1, -0.05) is 91.0 Å². The number of carboxylic acids is 1. The molecule has 0 saturated carbocycles. The average molecular weight is 625 g/mol. The molecule has 0 aliphatic heterocycles. The predicted octanol–water partition coefficient (Wildman–Crippen LogP) is 6.05. The molecule has 3 atom stereocenters. The first-order chi connectivity index (χ1) is 21.1. The smallest absolute Gasteiger partial charge is 0.407 e. The molecule has 2 amide bonds. The predicted molar refractivity (Wildman–Crippen MR) is 167 cm³/mol. The highest BCUT2D eigenvalue weighted by atomic mass is 31.2. The number of amides is 2. The van der Waals surface area contributed by atoms with E-state index < -0.39 is 31.8 Å². The van der Waals surface area contributed by atoms with Crippen molar-refractivity contribution < 1.29 is 37.8 Å². The summed E-state index contributed by atoms with van der Waals surface area (Å²) >= 11 is 0. The molecule has 2 N–H and O–H groups in total. The zero-order valence-electron chi connectivity index (χ0n) is 25.2. The van der Waals surface area contributed by atoms with Crippen LogP contribution in [0.25, 0.3) is 0 Å². The minimum atomic E-state index is -4.00. The van der Waals surface area contributed by atoms with E-state index >= 15 is 0 Å². The van der Waals surface area contributed by atoms with Crippen LogP contribution in [-0.2, 0) is 47.6 Å². The molecule has 0 bridgehead atoms. The number of aliphatic carboxylic acids is 1. The largest absolute Gasteiger partial charge is 0.479 e. The second-order valence-electron chi connectivity index (χ2n) is 10.5. The van der Waals surface area contributed by atoms with Gasteiger partial charge in [0.1, 0.15) is 6.61 Å². The molecule has 0 aliphatic carbocycles. The van der Waals surface area contributed by atoms with Crippen LogP contribution in [0.15, 0.2) is 91.0 Å². The lowest BCUT2D eigenvalue weighted by atomic mass is 10.1. The number of ether oxygens (including phenoxy) is 1. The molecule has 0 radical (unpaired) electrons. The molecule has 0 fully saturated rings. The van der Waals surface area contributed by atoms with Crippen molar-refractivity contribution in [2.45, 2.75) is 58.0 Å². The molecular weight excluding hydrogens is 583 g/mol. The molecular formula is C33H41N2O8P. The Hall–Kier alpha value is -3.98. The van der Waals surface area contributed by atoms with Gasteiger partial charge >= 0.3 is 19.7 Å². The Morgan fingerprint density at radius 3 is 1.95 bits per heavy atom. The molecule has 236 valence electrons. The van der Waals surface area contributed by atoms with E-state index in [0.717, 1.165) is 16.7 Å². The quantitative estimate of drug-likeness (QED) is 0.129. The summed E-state index contributed by atoms with van der Waals surface area (Å²) in [6.45, 7) is 2.09. The van der Waals surface area contributed by atoms with Crippen LogP contribution in [0.2, 0.25) is 0 Å². The SMILES string of the molecule is C[C@@H](CP(=O)(OCc1ccccc1)O[C@@H](CCCCNC(=O)OCc1ccccc1)C(=O)O)N(C)C(=O)Cc1ccccc1. The number of likely N-dealkylation sites (N-methyl/N-ethyl adjacent to an activating group) is 1. The fourth-order valence-corrected chi connectivity index (χ4v) is 6.37. The maximum atomic E-state index is 14.0. The summed E-state index contributed by atoms with van der Waals surface area (Å²) in [4.78, 5) is 38.5. The number of nitrogens with zero attached hydrogens (tertiary/aromatic N) is 1. The second kappa shape index (κ2) is 18.0. The monoisotopic (exact) mass is 624 g/mol. The molecule has 0 aliphatic rings. The van der Waals surface area contributed by atoms with E-state index in [9.17, 15) is 24.1 Å². The highest BCUT2D eigenvalue weighted by molar-refractivity contribution is 7.53. The third kappa shape index (κ3) is 12.3. The maximum Gasteiger partial charge on any atom is 0.407 e. The normalized spacial score (nSPS) is 13.7. The first-order valence-corrected chi connectivity index (χ1v) is 16.3. The number of benzene rings is 3. The van der Waals surface area contributed by atoms with Crippen LogP contribution in [0.4, 0.5) is 4.79 Å². The van der Waals surface area contributed by atoms with Gasteiger partial charge in [0.2, 0.25) is 5.91 Å². The van der Waals surface area contributed by atoms with Crippen molar-refractivity contribution >= 4 is 25.6 Å². The highest BCUT2D eigenvalue weighted by Crippen LogP contribution is 2.51. The van der Waals surface area contributed by atoms with Crippen LogP contribution in [-0.4, -0.2) is 59.9 Å². The van der Waals surface area contributed by atoms with Gasteiger partial charge in [-0.2, -0.15) is 0 Å². The number of unbranched alkanes of at least 4 members (excludes halogenated alkanes) is 1. The third-order valence-electron chi connectivity index (χ3n) is 6.95. The van der Waals surface area contributed by atoms with E-state index in [1.165, 1.54) is 4.90 Å². The van der Waals surface area contributed by atoms with Gasteiger partial charge in [0.15, 0.2) is 6.10 Å². The van der Waals surface area contributed by atoms with E-state index in [1.54, 1.807) is 26.1 Å².